The summed E-state index contributed by atoms with van der Waals surface area (Å²) in [4.78, 5) is 145. The van der Waals surface area contributed by atoms with Gasteiger partial charge in [-0.1, -0.05) is 39.0 Å². The molecule has 7 atom stereocenters. The van der Waals surface area contributed by atoms with Gasteiger partial charge in [-0.3, -0.25) is 52.7 Å². The lowest BCUT2D eigenvalue weighted by Crippen LogP contribution is -2.60. The Balaban J connectivity index is 2.58. The molecule has 11 amide bonds. The number of nitrogens with one attached hydrogen (secondary N) is 8. The van der Waals surface area contributed by atoms with E-state index in [9.17, 15) is 57.8 Å². The molecular formula is C42H64N12O12S. The molecule has 1 saturated heterocycles. The summed E-state index contributed by atoms with van der Waals surface area (Å²) >= 11 is 1.38. The molecule has 67 heavy (non-hydrogen) atoms. The van der Waals surface area contributed by atoms with Gasteiger partial charge in [0.15, 0.2) is 0 Å². The predicted molar refractivity (Wildman–Crippen MR) is 244 cm³/mol. The second-order valence-electron chi connectivity index (χ2n) is 16.0. The number of aromatic hydroxyl groups is 1. The molecule has 1 aliphatic heterocycles. The molecule has 25 heteroatoms. The van der Waals surface area contributed by atoms with Crippen LogP contribution in [0.5, 0.6) is 5.75 Å². The minimum atomic E-state index is -1.79. The molecule has 0 spiro atoms. The highest BCUT2D eigenvalue weighted by Gasteiger charge is 2.35. The third-order valence-electron chi connectivity index (χ3n) is 10.5. The molecule has 1 fully saturated rings. The summed E-state index contributed by atoms with van der Waals surface area (Å²) in [6.07, 6.45) is -0.101. The quantitative estimate of drug-likeness (QED) is 0.0625. The zero-order valence-electron chi connectivity index (χ0n) is 38.1. The van der Waals surface area contributed by atoms with Crippen molar-refractivity contribution in [1.82, 2.24) is 47.4 Å². The van der Waals surface area contributed by atoms with Gasteiger partial charge in [0.25, 0.3) is 0 Å². The van der Waals surface area contributed by atoms with E-state index in [1.165, 1.54) is 30.9 Å². The lowest BCUT2D eigenvalue weighted by atomic mass is 9.95. The van der Waals surface area contributed by atoms with Gasteiger partial charge in [0, 0.05) is 25.6 Å². The second kappa shape index (κ2) is 28.2. The van der Waals surface area contributed by atoms with E-state index in [2.05, 4.69) is 49.1 Å². The molecule has 0 bridgehead atoms. The Morgan fingerprint density at radius 2 is 1.51 bits per heavy atom. The van der Waals surface area contributed by atoms with E-state index in [1.807, 2.05) is 0 Å². The van der Waals surface area contributed by atoms with Crippen LogP contribution in [0.3, 0.4) is 0 Å². The van der Waals surface area contributed by atoms with E-state index >= 15 is 0 Å². The Kier molecular flexibility index (Phi) is 23.7. The second-order valence-corrected chi connectivity index (χ2v) is 17.0. The summed E-state index contributed by atoms with van der Waals surface area (Å²) in [7, 11) is 1.19. The normalized spacial score (nSPS) is 21.0. The van der Waals surface area contributed by atoms with Crippen molar-refractivity contribution < 1.29 is 57.8 Å². The molecule has 0 radical (unpaired) electrons. The first-order valence-corrected chi connectivity index (χ1v) is 22.8. The molecule has 0 unspecified atom stereocenters. The number of nitrogens with zero attached hydrogens (tertiary/aromatic N) is 1. The summed E-state index contributed by atoms with van der Waals surface area (Å²) in [5.74, 6) is -9.61. The maximum absolute atomic E-state index is 14.1. The van der Waals surface area contributed by atoms with Crippen LogP contribution in [0.15, 0.2) is 36.5 Å². The van der Waals surface area contributed by atoms with Crippen molar-refractivity contribution in [2.75, 3.05) is 38.7 Å². The van der Waals surface area contributed by atoms with Crippen LogP contribution in [0.25, 0.3) is 0 Å². The van der Waals surface area contributed by atoms with E-state index in [1.54, 1.807) is 32.2 Å². The molecule has 2 rings (SSSR count). The van der Waals surface area contributed by atoms with Crippen molar-refractivity contribution >= 4 is 76.7 Å². The number of phenols is 1. The Bertz CT molecular complexity index is 1990. The first kappa shape index (κ1) is 56.2. The van der Waals surface area contributed by atoms with Crippen LogP contribution < -0.4 is 59.7 Å². The van der Waals surface area contributed by atoms with E-state index in [4.69, 9.17) is 17.2 Å². The summed E-state index contributed by atoms with van der Waals surface area (Å²) in [6.45, 7) is 5.88. The molecule has 1 aromatic carbocycles. The zero-order valence-corrected chi connectivity index (χ0v) is 38.9. The fraction of sp³-hybridized carbons (Fsp3) is 0.548. The molecule has 1 aromatic rings. The van der Waals surface area contributed by atoms with E-state index in [0.717, 1.165) is 4.90 Å². The van der Waals surface area contributed by atoms with Gasteiger partial charge in [-0.2, -0.15) is 11.8 Å². The lowest BCUT2D eigenvalue weighted by molar-refractivity contribution is -0.140. The summed E-state index contributed by atoms with van der Waals surface area (Å²) < 4.78 is 0. The van der Waals surface area contributed by atoms with Crippen molar-refractivity contribution in [2.24, 2.45) is 23.1 Å². The van der Waals surface area contributed by atoms with Crippen molar-refractivity contribution in [1.29, 1.82) is 0 Å². The van der Waals surface area contributed by atoms with E-state index < -0.39 is 152 Å². The molecule has 24 nitrogen and oxygen atoms in total. The smallest absolute Gasteiger partial charge is 0.245 e. The topological polar surface area (TPSA) is 386 Å². The van der Waals surface area contributed by atoms with Crippen LogP contribution in [-0.4, -0.2) is 150 Å². The minimum absolute atomic E-state index is 0.00963. The van der Waals surface area contributed by atoms with Crippen LogP contribution in [0.1, 0.15) is 64.4 Å². The Labute approximate surface area is 392 Å². The molecule has 0 aromatic heterocycles. The number of primary amides is 3. The minimum Gasteiger partial charge on any atom is -0.508 e. The number of likely N-dealkylation sites (N-methyl/N-ethyl adjacent to an activating group) is 1. The number of benzene rings is 1. The van der Waals surface area contributed by atoms with Crippen LogP contribution in [0, 0.1) is 5.92 Å². The Hall–Kier alpha value is -6.92. The first-order chi connectivity index (χ1) is 31.5. The highest BCUT2D eigenvalue weighted by molar-refractivity contribution is 7.98. The van der Waals surface area contributed by atoms with Gasteiger partial charge in [0.05, 0.1) is 32.1 Å². The molecule has 1 heterocycles. The van der Waals surface area contributed by atoms with Crippen molar-refractivity contribution in [3.8, 4) is 5.75 Å². The maximum Gasteiger partial charge on any atom is 0.245 e. The summed E-state index contributed by atoms with van der Waals surface area (Å²) in [5.41, 5.74) is 16.8. The first-order valence-electron chi connectivity index (χ1n) is 21.4. The fourth-order valence-corrected chi connectivity index (χ4v) is 7.02. The van der Waals surface area contributed by atoms with Gasteiger partial charge in [-0.25, -0.2) is 0 Å². The van der Waals surface area contributed by atoms with Crippen molar-refractivity contribution in [3.63, 3.8) is 0 Å². The van der Waals surface area contributed by atoms with Crippen LogP contribution in [0.4, 0.5) is 0 Å². The van der Waals surface area contributed by atoms with Gasteiger partial charge in [0.1, 0.15) is 36.0 Å². The highest BCUT2D eigenvalue weighted by Crippen LogP contribution is 2.17. The maximum atomic E-state index is 14.1. The zero-order chi connectivity index (χ0) is 50.4. The number of rotatable bonds is 19. The molecule has 370 valence electrons. The van der Waals surface area contributed by atoms with Crippen molar-refractivity contribution in [2.45, 2.75) is 101 Å². The van der Waals surface area contributed by atoms with Gasteiger partial charge in [-0.15, -0.1) is 0 Å². The number of carbonyl (C=O) groups is 11. The Morgan fingerprint density at radius 1 is 0.866 bits per heavy atom. The average Bonchev–Trinajstić information content (AvgIpc) is 3.26. The standard InChI is InChI=1S/C42H64N12O12S/c1-6-22(2)37-41(65)51-26(11-13-31(43)56)39(63)53-30(18-32(44)57)40(64)52-28(42(66)54(4)21-36(61)49-27(15-16-67-5)38(62)47-19-33(45)58)12-14-34(59)46-20-35(60)50-29(23(3)48-37)17-24-7-9-25(55)10-8-24/h7-10,22,26-30,37,48,55H,3,6,11-21H2,1-2,4-5H3,(H2,43,56)(H2,44,57)(H2,45,58)(H,46,59)(H,47,62)(H,49,61)(H,50,60)(H,51,65)(H,52,64)(H,53,63)/t22-,26-,27-,28-,29-,30-,37-/m0/s1. The number of hydrogen-bond donors (Lipinski definition) is 12. The van der Waals surface area contributed by atoms with Gasteiger partial charge >= 0.3 is 0 Å². The van der Waals surface area contributed by atoms with Gasteiger partial charge in [0.2, 0.25) is 65.0 Å². The predicted octanol–water partition coefficient (Wildman–Crippen LogP) is -4.26. The summed E-state index contributed by atoms with van der Waals surface area (Å²) in [6, 6.07) is -2.01. The monoisotopic (exact) mass is 960 g/mol. The molecule has 1 aliphatic rings. The number of nitrogens with two attached hydrogens (primary N) is 3. The number of carbonyl (C=O) groups excluding carboxylic acids is 11. The van der Waals surface area contributed by atoms with Crippen molar-refractivity contribution in [3.05, 3.63) is 42.1 Å². The Morgan fingerprint density at radius 3 is 2.10 bits per heavy atom. The lowest BCUT2D eigenvalue weighted by Gasteiger charge is -2.31. The number of phenolic OH excluding ortho intramolecular Hbond substituents is 1. The van der Waals surface area contributed by atoms with Crippen LogP contribution in [-0.2, 0) is 59.2 Å². The highest BCUT2D eigenvalue weighted by atomic mass is 32.2. The fourth-order valence-electron chi connectivity index (χ4n) is 6.55. The number of hydrogen-bond acceptors (Lipinski definition) is 14. The third kappa shape index (κ3) is 20.4. The van der Waals surface area contributed by atoms with Crippen LogP contribution in [0.2, 0.25) is 0 Å². The SMILES string of the molecule is C=C1N[C@@H]([C@@H](C)CC)C(=O)N[C@@H](CCC(N)=O)C(=O)N[C@@H](CC(N)=O)C(=O)N[C@H](C(=O)N(C)CC(=O)N[C@@H](CCSC)C(=O)NCC(N)=O)CCC(=O)NCC(=O)N[C@H]1Cc1ccc(O)cc1. The van der Waals surface area contributed by atoms with E-state index in [0.29, 0.717) is 17.7 Å². The third-order valence-corrected chi connectivity index (χ3v) is 11.1. The molecule has 0 saturated carbocycles. The number of amides is 11. The molecule has 0 aliphatic carbocycles. The summed E-state index contributed by atoms with van der Waals surface area (Å²) in [5, 5.41) is 30.3. The molecule has 15 N–H and O–H groups in total. The largest absolute Gasteiger partial charge is 0.508 e. The molecular weight excluding hydrogens is 897 g/mol. The van der Waals surface area contributed by atoms with Crippen LogP contribution >= 0.6 is 11.8 Å². The number of thioether (sulfide) groups is 1. The average molecular weight is 961 g/mol. The van der Waals surface area contributed by atoms with E-state index in [-0.39, 0.29) is 30.7 Å². The van der Waals surface area contributed by atoms with Gasteiger partial charge < -0.3 is 69.7 Å². The van der Waals surface area contributed by atoms with Gasteiger partial charge in [-0.05, 0) is 61.3 Å².